The number of hydrogen-bond acceptors (Lipinski definition) is 4. The van der Waals surface area contributed by atoms with Crippen molar-refractivity contribution in [1.82, 2.24) is 0 Å². The Kier molecular flexibility index (Phi) is 3.78. The van der Waals surface area contributed by atoms with Gasteiger partial charge in [-0.2, -0.15) is 0 Å². The lowest BCUT2D eigenvalue weighted by Crippen LogP contribution is -3.10. The van der Waals surface area contributed by atoms with E-state index in [0.717, 1.165) is 25.9 Å². The van der Waals surface area contributed by atoms with Crippen LogP contribution < -0.4 is 14.4 Å². The van der Waals surface area contributed by atoms with Crippen molar-refractivity contribution in [2.45, 2.75) is 18.9 Å². The Morgan fingerprint density at radius 1 is 1.20 bits per heavy atom. The molecule has 0 unspecified atom stereocenters. The second kappa shape index (κ2) is 5.71. The average molecular weight is 278 g/mol. The molecular weight excluding hydrogens is 258 g/mol. The van der Waals surface area contributed by atoms with Crippen LogP contribution >= 0.6 is 0 Å². The molecule has 2 aliphatic heterocycles. The number of hydrogen-bond donors (Lipinski definition) is 1. The number of carbonyl (C=O) groups is 1. The van der Waals surface area contributed by atoms with E-state index in [4.69, 9.17) is 14.2 Å². The number of fused-ring (bicyclic) bond motifs is 1. The van der Waals surface area contributed by atoms with Crippen LogP contribution in [0.4, 0.5) is 0 Å². The van der Waals surface area contributed by atoms with Crippen molar-refractivity contribution < 1.29 is 23.9 Å². The van der Waals surface area contributed by atoms with Gasteiger partial charge < -0.3 is 19.1 Å². The Morgan fingerprint density at radius 3 is 2.65 bits per heavy atom. The molecule has 0 aromatic heterocycles. The molecule has 20 heavy (non-hydrogen) atoms. The first kappa shape index (κ1) is 13.2. The zero-order valence-corrected chi connectivity index (χ0v) is 11.7. The van der Waals surface area contributed by atoms with Gasteiger partial charge in [-0.05, 0) is 18.2 Å². The minimum Gasteiger partial charge on any atom is -0.486 e. The molecule has 5 heteroatoms. The Labute approximate surface area is 118 Å². The number of rotatable bonds is 2. The van der Waals surface area contributed by atoms with E-state index in [1.54, 1.807) is 18.2 Å². The zero-order valence-electron chi connectivity index (χ0n) is 11.7. The van der Waals surface area contributed by atoms with E-state index in [1.807, 2.05) is 0 Å². The standard InChI is InChI=1S/C15H19NO4/c1-16-6-4-12(5-7-16)20-15(17)11-2-3-13-14(10-11)19-9-8-18-13/h2-3,10,12H,4-9H2,1H3/p+1. The van der Waals surface area contributed by atoms with Gasteiger partial charge in [0.25, 0.3) is 0 Å². The van der Waals surface area contributed by atoms with Crippen LogP contribution in [0.15, 0.2) is 18.2 Å². The lowest BCUT2D eigenvalue weighted by atomic mass is 10.1. The molecule has 0 amide bonds. The van der Waals surface area contributed by atoms with Crippen molar-refractivity contribution >= 4 is 5.97 Å². The van der Waals surface area contributed by atoms with Crippen molar-refractivity contribution in [3.63, 3.8) is 0 Å². The molecule has 5 nitrogen and oxygen atoms in total. The first-order valence-electron chi connectivity index (χ1n) is 7.14. The summed E-state index contributed by atoms with van der Waals surface area (Å²) in [5.41, 5.74) is 0.528. The van der Waals surface area contributed by atoms with Gasteiger partial charge in [0, 0.05) is 12.8 Å². The van der Waals surface area contributed by atoms with E-state index in [-0.39, 0.29) is 12.1 Å². The molecule has 1 fully saturated rings. The van der Waals surface area contributed by atoms with Gasteiger partial charge >= 0.3 is 5.97 Å². The third kappa shape index (κ3) is 2.88. The summed E-state index contributed by atoms with van der Waals surface area (Å²) >= 11 is 0. The summed E-state index contributed by atoms with van der Waals surface area (Å²) in [6, 6.07) is 5.21. The monoisotopic (exact) mass is 278 g/mol. The molecule has 0 spiro atoms. The Hall–Kier alpha value is -1.75. The van der Waals surface area contributed by atoms with Gasteiger partial charge in [-0.15, -0.1) is 0 Å². The Morgan fingerprint density at radius 2 is 1.90 bits per heavy atom. The molecule has 0 aliphatic carbocycles. The number of likely N-dealkylation sites (tertiary alicyclic amines) is 1. The normalized spacial score (nSPS) is 25.1. The van der Waals surface area contributed by atoms with E-state index < -0.39 is 0 Å². The highest BCUT2D eigenvalue weighted by atomic mass is 16.6. The predicted molar refractivity (Wildman–Crippen MR) is 72.5 cm³/mol. The quantitative estimate of drug-likeness (QED) is 0.790. The molecule has 1 aromatic rings. The second-order valence-electron chi connectivity index (χ2n) is 5.42. The van der Waals surface area contributed by atoms with Gasteiger partial charge in [0.05, 0.1) is 25.7 Å². The molecule has 0 atom stereocenters. The molecule has 2 heterocycles. The van der Waals surface area contributed by atoms with Crippen LogP contribution in [0, 0.1) is 0 Å². The highest BCUT2D eigenvalue weighted by Gasteiger charge is 2.24. The van der Waals surface area contributed by atoms with E-state index in [2.05, 4.69) is 7.05 Å². The zero-order chi connectivity index (χ0) is 13.9. The molecule has 0 bridgehead atoms. The maximum absolute atomic E-state index is 12.2. The fraction of sp³-hybridized carbons (Fsp3) is 0.533. The van der Waals surface area contributed by atoms with Crippen molar-refractivity contribution in [2.24, 2.45) is 0 Å². The third-order valence-corrected chi connectivity index (χ3v) is 3.84. The summed E-state index contributed by atoms with van der Waals surface area (Å²) in [6.45, 7) is 3.18. The van der Waals surface area contributed by atoms with Crippen molar-refractivity contribution in [3.05, 3.63) is 23.8 Å². The fourth-order valence-corrected chi connectivity index (χ4v) is 2.59. The lowest BCUT2D eigenvalue weighted by molar-refractivity contribution is -0.885. The molecule has 0 saturated carbocycles. The van der Waals surface area contributed by atoms with Gasteiger partial charge in [0.2, 0.25) is 0 Å². The van der Waals surface area contributed by atoms with Crippen molar-refractivity contribution in [3.8, 4) is 11.5 Å². The molecule has 1 aromatic carbocycles. The van der Waals surface area contributed by atoms with Gasteiger partial charge in [0.1, 0.15) is 19.3 Å². The average Bonchev–Trinajstić information content (AvgIpc) is 2.49. The lowest BCUT2D eigenvalue weighted by Gasteiger charge is -2.26. The number of carbonyl (C=O) groups excluding carboxylic acids is 1. The van der Waals surface area contributed by atoms with E-state index in [9.17, 15) is 4.79 Å². The summed E-state index contributed by atoms with van der Waals surface area (Å²) in [7, 11) is 2.17. The van der Waals surface area contributed by atoms with Crippen LogP contribution in [-0.2, 0) is 4.74 Å². The van der Waals surface area contributed by atoms with Crippen LogP contribution in [0.2, 0.25) is 0 Å². The third-order valence-electron chi connectivity index (χ3n) is 3.84. The maximum Gasteiger partial charge on any atom is 0.338 e. The van der Waals surface area contributed by atoms with Crippen LogP contribution in [0.3, 0.4) is 0 Å². The number of nitrogens with one attached hydrogen (secondary N) is 1. The highest BCUT2D eigenvalue weighted by Crippen LogP contribution is 2.31. The number of piperidine rings is 1. The van der Waals surface area contributed by atoms with Crippen molar-refractivity contribution in [1.29, 1.82) is 0 Å². The molecule has 1 N–H and O–H groups in total. The number of benzene rings is 1. The van der Waals surface area contributed by atoms with Gasteiger partial charge in [-0.25, -0.2) is 4.79 Å². The molecular formula is C15H20NO4+. The Balaban J connectivity index is 1.65. The first-order chi connectivity index (χ1) is 9.72. The van der Waals surface area contributed by atoms with Crippen LogP contribution in [-0.4, -0.2) is 45.4 Å². The predicted octanol–water partition coefficient (Wildman–Crippen LogP) is 0.292. The minimum absolute atomic E-state index is 0.0411. The molecule has 0 radical (unpaired) electrons. The van der Waals surface area contributed by atoms with Gasteiger partial charge in [-0.3, -0.25) is 0 Å². The van der Waals surface area contributed by atoms with Crippen LogP contribution in [0.5, 0.6) is 11.5 Å². The topological polar surface area (TPSA) is 49.2 Å². The first-order valence-corrected chi connectivity index (χ1v) is 7.14. The minimum atomic E-state index is -0.272. The second-order valence-corrected chi connectivity index (χ2v) is 5.42. The SMILES string of the molecule is C[NH+]1CCC(OC(=O)c2ccc3c(c2)OCCO3)CC1. The van der Waals surface area contributed by atoms with E-state index in [0.29, 0.717) is 30.3 Å². The van der Waals surface area contributed by atoms with E-state index >= 15 is 0 Å². The Bertz CT molecular complexity index is 495. The van der Waals surface area contributed by atoms with Crippen LogP contribution in [0.25, 0.3) is 0 Å². The number of esters is 1. The highest BCUT2D eigenvalue weighted by molar-refractivity contribution is 5.90. The number of ether oxygens (including phenoxy) is 3. The van der Waals surface area contributed by atoms with Crippen LogP contribution in [0.1, 0.15) is 23.2 Å². The summed E-state index contributed by atoms with van der Waals surface area (Å²) in [5, 5.41) is 0. The molecule has 1 saturated heterocycles. The van der Waals surface area contributed by atoms with Gasteiger partial charge in [0.15, 0.2) is 11.5 Å². The smallest absolute Gasteiger partial charge is 0.338 e. The largest absolute Gasteiger partial charge is 0.486 e. The summed E-state index contributed by atoms with van der Waals surface area (Å²) in [4.78, 5) is 13.7. The molecule has 3 rings (SSSR count). The summed E-state index contributed by atoms with van der Waals surface area (Å²) < 4.78 is 16.5. The summed E-state index contributed by atoms with van der Waals surface area (Å²) in [5.74, 6) is 1.04. The molecule has 2 aliphatic rings. The van der Waals surface area contributed by atoms with Crippen molar-refractivity contribution in [2.75, 3.05) is 33.4 Å². The molecule has 108 valence electrons. The van der Waals surface area contributed by atoms with Gasteiger partial charge in [-0.1, -0.05) is 0 Å². The maximum atomic E-state index is 12.2. The summed E-state index contributed by atoms with van der Waals surface area (Å²) in [6.07, 6.45) is 1.91. The fourth-order valence-electron chi connectivity index (χ4n) is 2.59. The van der Waals surface area contributed by atoms with E-state index in [1.165, 1.54) is 4.90 Å². The number of quaternary nitrogens is 1.